The number of rotatable bonds is 2. The van der Waals surface area contributed by atoms with E-state index in [2.05, 4.69) is 6.92 Å². The van der Waals surface area contributed by atoms with Gasteiger partial charge in [-0.2, -0.15) is 0 Å². The van der Waals surface area contributed by atoms with Gasteiger partial charge in [0.15, 0.2) is 0 Å². The maximum atomic E-state index is 12.5. The first-order valence-corrected chi connectivity index (χ1v) is 11.1. The van der Waals surface area contributed by atoms with Gasteiger partial charge in [0.1, 0.15) is 12.9 Å². The minimum absolute atomic E-state index is 0.0192. The number of fused-ring (bicyclic) bond motifs is 4. The van der Waals surface area contributed by atoms with E-state index in [0.717, 1.165) is 24.7 Å². The summed E-state index contributed by atoms with van der Waals surface area (Å²) in [7, 11) is 0. The van der Waals surface area contributed by atoms with Crippen LogP contribution in [0.1, 0.15) is 64.7 Å². The first-order chi connectivity index (χ1) is 13.6. The van der Waals surface area contributed by atoms with Crippen molar-refractivity contribution >= 4 is 12.3 Å². The molecule has 4 saturated carbocycles. The maximum Gasteiger partial charge on any atom is 0.331 e. The van der Waals surface area contributed by atoms with Gasteiger partial charge in [-0.3, -0.25) is 0 Å². The van der Waals surface area contributed by atoms with E-state index in [0.29, 0.717) is 45.1 Å². The van der Waals surface area contributed by atoms with Crippen LogP contribution < -0.4 is 0 Å². The van der Waals surface area contributed by atoms with Crippen LogP contribution in [0.15, 0.2) is 11.6 Å². The Bertz CT molecular complexity index is 777. The zero-order valence-corrected chi connectivity index (χ0v) is 17.1. The summed E-state index contributed by atoms with van der Waals surface area (Å²) in [5.74, 6) is 0.0379. The van der Waals surface area contributed by atoms with E-state index < -0.39 is 22.7 Å². The van der Waals surface area contributed by atoms with E-state index in [1.807, 2.05) is 0 Å². The lowest BCUT2D eigenvalue weighted by molar-refractivity contribution is -0.229. The predicted octanol–water partition coefficient (Wildman–Crippen LogP) is 1.90. The highest BCUT2D eigenvalue weighted by Gasteiger charge is 2.68. The number of aliphatic hydroxyl groups is 3. The molecule has 6 heteroatoms. The Balaban J connectivity index is 1.48. The van der Waals surface area contributed by atoms with Crippen LogP contribution in [0.3, 0.4) is 0 Å². The van der Waals surface area contributed by atoms with Gasteiger partial charge in [-0.15, -0.1) is 0 Å². The number of esters is 1. The number of aldehydes is 1. The van der Waals surface area contributed by atoms with Gasteiger partial charge in [-0.25, -0.2) is 4.79 Å². The molecule has 0 amide bonds. The van der Waals surface area contributed by atoms with Crippen molar-refractivity contribution in [1.29, 1.82) is 0 Å². The molecule has 0 bridgehead atoms. The lowest BCUT2D eigenvalue weighted by atomic mass is 9.43. The summed E-state index contributed by atoms with van der Waals surface area (Å²) in [5, 5.41) is 33.4. The van der Waals surface area contributed by atoms with Crippen molar-refractivity contribution in [3.05, 3.63) is 11.6 Å². The van der Waals surface area contributed by atoms with E-state index in [9.17, 15) is 24.9 Å². The molecule has 160 valence electrons. The van der Waals surface area contributed by atoms with Gasteiger partial charge in [-0.05, 0) is 80.1 Å². The quantitative estimate of drug-likeness (QED) is 0.480. The number of carbonyl (C=O) groups excluding carboxylic acids is 2. The number of aliphatic hydroxyl groups excluding tert-OH is 1. The second kappa shape index (κ2) is 6.14. The predicted molar refractivity (Wildman–Crippen MR) is 104 cm³/mol. The average molecular weight is 405 g/mol. The fourth-order valence-corrected chi connectivity index (χ4v) is 7.95. The second-order valence-corrected chi connectivity index (χ2v) is 10.9. The molecular weight excluding hydrogens is 372 g/mol. The molecule has 0 unspecified atom stereocenters. The summed E-state index contributed by atoms with van der Waals surface area (Å²) in [6, 6.07) is 0. The minimum atomic E-state index is -1.15. The molecule has 3 N–H and O–H groups in total. The Labute approximate surface area is 171 Å². The lowest BCUT2D eigenvalue weighted by Crippen LogP contribution is -2.66. The lowest BCUT2D eigenvalue weighted by Gasteiger charge is -2.63. The van der Waals surface area contributed by atoms with Crippen LogP contribution in [-0.2, 0) is 14.3 Å². The molecule has 5 rings (SSSR count). The third kappa shape index (κ3) is 2.58. The largest absolute Gasteiger partial charge is 0.458 e. The van der Waals surface area contributed by atoms with Crippen LogP contribution in [0.2, 0.25) is 0 Å². The molecule has 0 radical (unpaired) electrons. The molecule has 29 heavy (non-hydrogen) atoms. The topological polar surface area (TPSA) is 104 Å². The molecule has 0 aromatic heterocycles. The normalized spacial score (nSPS) is 54.1. The molecule has 0 spiro atoms. The molecule has 0 aromatic carbocycles. The summed E-state index contributed by atoms with van der Waals surface area (Å²) in [6.45, 7) is 2.43. The van der Waals surface area contributed by atoms with E-state index in [4.69, 9.17) is 4.74 Å². The van der Waals surface area contributed by atoms with Gasteiger partial charge in [0, 0.05) is 12.5 Å². The van der Waals surface area contributed by atoms with Gasteiger partial charge >= 0.3 is 5.97 Å². The maximum absolute atomic E-state index is 12.5. The first kappa shape index (κ1) is 19.7. The first-order valence-electron chi connectivity index (χ1n) is 11.1. The SMILES string of the molecule is C[C@]12C[C@H](C3=CC(=O)OC3)C[C@@]1(O)C[C@@H]1CC[C@@]3(O)C[C@H](O)CC[C@@]3(C=O)[C@H]1C2. The second-order valence-electron chi connectivity index (χ2n) is 10.9. The Hall–Kier alpha value is -1.24. The summed E-state index contributed by atoms with van der Waals surface area (Å²) in [5.41, 5.74) is -2.19. The zero-order valence-electron chi connectivity index (χ0n) is 17.1. The Kier molecular flexibility index (Phi) is 4.18. The molecule has 1 heterocycles. The number of cyclic esters (lactones) is 1. The average Bonchev–Trinajstić information content (AvgIpc) is 3.20. The van der Waals surface area contributed by atoms with Crippen LogP contribution >= 0.6 is 0 Å². The highest BCUT2D eigenvalue weighted by atomic mass is 16.5. The highest BCUT2D eigenvalue weighted by molar-refractivity contribution is 5.85. The number of hydrogen-bond donors (Lipinski definition) is 3. The summed E-state index contributed by atoms with van der Waals surface area (Å²) in [4.78, 5) is 24.0. The van der Waals surface area contributed by atoms with Crippen molar-refractivity contribution in [2.45, 2.75) is 82.0 Å². The monoisotopic (exact) mass is 404 g/mol. The fraction of sp³-hybridized carbons (Fsp3) is 0.826. The van der Waals surface area contributed by atoms with E-state index in [-0.39, 0.29) is 35.6 Å². The van der Waals surface area contributed by atoms with Crippen molar-refractivity contribution in [3.63, 3.8) is 0 Å². The Morgan fingerprint density at radius 3 is 2.55 bits per heavy atom. The van der Waals surface area contributed by atoms with Crippen molar-refractivity contribution in [2.24, 2.45) is 28.6 Å². The van der Waals surface area contributed by atoms with Crippen molar-refractivity contribution < 1.29 is 29.6 Å². The Morgan fingerprint density at radius 1 is 1.07 bits per heavy atom. The van der Waals surface area contributed by atoms with Gasteiger partial charge in [0.05, 0.1) is 22.7 Å². The van der Waals surface area contributed by atoms with Crippen LogP contribution in [0.25, 0.3) is 0 Å². The van der Waals surface area contributed by atoms with Crippen molar-refractivity contribution in [2.75, 3.05) is 6.61 Å². The van der Waals surface area contributed by atoms with Gasteiger partial charge < -0.3 is 24.9 Å². The van der Waals surface area contributed by atoms with Gasteiger partial charge in [0.2, 0.25) is 0 Å². The van der Waals surface area contributed by atoms with E-state index in [1.54, 1.807) is 6.08 Å². The van der Waals surface area contributed by atoms with Crippen LogP contribution in [0.4, 0.5) is 0 Å². The third-order valence-electron chi connectivity index (χ3n) is 9.58. The van der Waals surface area contributed by atoms with Crippen LogP contribution in [0.5, 0.6) is 0 Å². The van der Waals surface area contributed by atoms with E-state index in [1.165, 1.54) is 0 Å². The summed E-state index contributed by atoms with van der Waals surface area (Å²) < 4.78 is 5.10. The van der Waals surface area contributed by atoms with Crippen molar-refractivity contribution in [3.8, 4) is 0 Å². The van der Waals surface area contributed by atoms with Gasteiger partial charge in [-0.1, -0.05) is 6.92 Å². The molecule has 8 atom stereocenters. The number of hydrogen-bond acceptors (Lipinski definition) is 6. The third-order valence-corrected chi connectivity index (χ3v) is 9.58. The van der Waals surface area contributed by atoms with Crippen LogP contribution in [-0.4, -0.2) is 51.5 Å². The molecule has 5 aliphatic rings. The fourth-order valence-electron chi connectivity index (χ4n) is 7.95. The molecule has 1 aliphatic heterocycles. The molecular formula is C23H32O6. The highest BCUT2D eigenvalue weighted by Crippen LogP contribution is 2.68. The number of ether oxygens (including phenoxy) is 1. The van der Waals surface area contributed by atoms with Crippen molar-refractivity contribution in [1.82, 2.24) is 0 Å². The number of carbonyl (C=O) groups is 2. The summed E-state index contributed by atoms with van der Waals surface area (Å²) >= 11 is 0. The molecule has 0 saturated heterocycles. The summed E-state index contributed by atoms with van der Waals surface area (Å²) in [6.07, 6.45) is 7.36. The van der Waals surface area contributed by atoms with Gasteiger partial charge in [0.25, 0.3) is 0 Å². The molecule has 4 aliphatic carbocycles. The smallest absolute Gasteiger partial charge is 0.331 e. The molecule has 0 aromatic rings. The standard InChI is InChI=1S/C23H32O6/c1-20-7-16(15-6-19(26)29-12-15)9-23(20,28)8-14-2-5-22(27)10-17(25)3-4-21(22,13-24)18(14)11-20/h6,13-14,16-18,25,27-28H,2-5,7-12H2,1H3/t14-,16-,17+,18-,20+,21+,22+,23-/m0/s1. The Morgan fingerprint density at radius 2 is 1.86 bits per heavy atom. The van der Waals surface area contributed by atoms with E-state index >= 15 is 0 Å². The molecule has 6 nitrogen and oxygen atoms in total. The minimum Gasteiger partial charge on any atom is -0.458 e. The van der Waals surface area contributed by atoms with Crippen LogP contribution in [0, 0.1) is 28.6 Å². The zero-order chi connectivity index (χ0) is 20.7. The molecule has 4 fully saturated rings.